The first-order chi connectivity index (χ1) is 13.8. The van der Waals surface area contributed by atoms with Gasteiger partial charge < -0.3 is 11.1 Å². The van der Waals surface area contributed by atoms with Crippen LogP contribution in [0.3, 0.4) is 0 Å². The second kappa shape index (κ2) is 8.17. The number of carbonyl (C=O) groups is 1. The Labute approximate surface area is 167 Å². The highest BCUT2D eigenvalue weighted by atomic mass is 16.2. The maximum Gasteiger partial charge on any atom is 0.332 e. The lowest BCUT2D eigenvalue weighted by molar-refractivity contribution is 0.100. The van der Waals surface area contributed by atoms with Gasteiger partial charge in [-0.1, -0.05) is 26.0 Å². The molecular formula is C20H24N6O3. The zero-order valence-corrected chi connectivity index (χ0v) is 16.6. The van der Waals surface area contributed by atoms with Crippen LogP contribution >= 0.6 is 0 Å². The molecule has 0 aliphatic rings. The van der Waals surface area contributed by atoms with Crippen LogP contribution in [-0.2, 0) is 13.6 Å². The van der Waals surface area contributed by atoms with Crippen molar-refractivity contribution in [3.8, 4) is 5.69 Å². The smallest absolute Gasteiger partial charge is 0.332 e. The molecule has 2 aromatic heterocycles. The van der Waals surface area contributed by atoms with Gasteiger partial charge >= 0.3 is 5.69 Å². The molecule has 3 rings (SSSR count). The largest absolute Gasteiger partial charge is 0.384 e. The van der Waals surface area contributed by atoms with E-state index in [-0.39, 0.29) is 23.8 Å². The summed E-state index contributed by atoms with van der Waals surface area (Å²) in [6.07, 6.45) is 3.45. The molecule has 3 aromatic rings. The van der Waals surface area contributed by atoms with Crippen molar-refractivity contribution >= 4 is 17.3 Å². The molecule has 9 nitrogen and oxygen atoms in total. The van der Waals surface area contributed by atoms with E-state index < -0.39 is 17.0 Å². The van der Waals surface area contributed by atoms with E-state index in [0.29, 0.717) is 12.2 Å². The van der Waals surface area contributed by atoms with Gasteiger partial charge in [-0.05, 0) is 24.1 Å². The second-order valence-corrected chi connectivity index (χ2v) is 7.16. The number of benzene rings is 1. The average molecular weight is 396 g/mol. The minimum absolute atomic E-state index is 0.0982. The van der Waals surface area contributed by atoms with Crippen molar-refractivity contribution < 1.29 is 4.79 Å². The van der Waals surface area contributed by atoms with Gasteiger partial charge in [0.05, 0.1) is 17.9 Å². The minimum Gasteiger partial charge on any atom is -0.384 e. The Hall–Kier alpha value is -3.62. The van der Waals surface area contributed by atoms with Gasteiger partial charge in [0.15, 0.2) is 5.78 Å². The molecule has 29 heavy (non-hydrogen) atoms. The number of hydrogen-bond donors (Lipinski definition) is 2. The molecule has 0 bridgehead atoms. The summed E-state index contributed by atoms with van der Waals surface area (Å²) in [4.78, 5) is 37.8. The van der Waals surface area contributed by atoms with E-state index in [9.17, 15) is 14.4 Å². The van der Waals surface area contributed by atoms with Crippen LogP contribution < -0.4 is 22.3 Å². The number of hydrogen-bond acceptors (Lipinski definition) is 6. The average Bonchev–Trinajstić information content (AvgIpc) is 3.23. The van der Waals surface area contributed by atoms with Crippen LogP contribution in [0, 0.1) is 5.92 Å². The summed E-state index contributed by atoms with van der Waals surface area (Å²) in [7, 11) is 1.35. The predicted molar refractivity (Wildman–Crippen MR) is 112 cm³/mol. The highest BCUT2D eigenvalue weighted by Crippen LogP contribution is 2.19. The second-order valence-electron chi connectivity index (χ2n) is 7.16. The molecule has 0 saturated heterocycles. The molecule has 0 aliphatic heterocycles. The third-order valence-electron chi connectivity index (χ3n) is 4.50. The fraction of sp³-hybridized carbons (Fsp3) is 0.300. The van der Waals surface area contributed by atoms with E-state index in [1.807, 2.05) is 38.1 Å². The van der Waals surface area contributed by atoms with Crippen LogP contribution in [0.5, 0.6) is 0 Å². The van der Waals surface area contributed by atoms with E-state index in [2.05, 4.69) is 10.4 Å². The number of nitrogen functional groups attached to an aromatic ring is 1. The maximum absolute atomic E-state index is 12.9. The highest BCUT2D eigenvalue weighted by Gasteiger charge is 2.22. The SMILES string of the molecule is CC(C)Cn1c(N)c(C(=O)CNc2ccccc2-n2cccn2)c(=O)n(C)c1=O. The monoisotopic (exact) mass is 396 g/mol. The fourth-order valence-corrected chi connectivity index (χ4v) is 3.09. The minimum atomic E-state index is -0.695. The van der Waals surface area contributed by atoms with E-state index in [4.69, 9.17) is 5.73 Å². The molecule has 9 heteroatoms. The lowest BCUT2D eigenvalue weighted by Crippen LogP contribution is -2.43. The molecule has 2 heterocycles. The molecule has 0 saturated carbocycles. The summed E-state index contributed by atoms with van der Waals surface area (Å²) in [6, 6.07) is 9.15. The maximum atomic E-state index is 12.9. The number of rotatable bonds is 7. The summed E-state index contributed by atoms with van der Waals surface area (Å²) < 4.78 is 3.86. The number of nitrogens with one attached hydrogen (secondary N) is 1. The van der Waals surface area contributed by atoms with Crippen LogP contribution in [0.1, 0.15) is 24.2 Å². The zero-order valence-electron chi connectivity index (χ0n) is 16.6. The van der Waals surface area contributed by atoms with Crippen molar-refractivity contribution in [3.05, 3.63) is 69.1 Å². The van der Waals surface area contributed by atoms with Gasteiger partial charge in [-0.15, -0.1) is 0 Å². The number of nitrogens with two attached hydrogens (primary N) is 1. The van der Waals surface area contributed by atoms with Gasteiger partial charge in [-0.3, -0.25) is 18.7 Å². The molecule has 0 fully saturated rings. The van der Waals surface area contributed by atoms with Crippen molar-refractivity contribution in [2.45, 2.75) is 20.4 Å². The fourth-order valence-electron chi connectivity index (χ4n) is 3.09. The Bertz CT molecular complexity index is 1140. The van der Waals surface area contributed by atoms with Crippen molar-refractivity contribution in [1.29, 1.82) is 0 Å². The standard InChI is InChI=1S/C20H24N6O3/c1-13(2)12-25-18(21)17(19(28)24(3)20(25)29)16(27)11-22-14-7-4-5-8-15(14)26-10-6-9-23-26/h4-10,13,22H,11-12,21H2,1-3H3. The number of Topliss-reactive ketones (excluding diaryl/α,β-unsaturated/α-hetero) is 1. The lowest BCUT2D eigenvalue weighted by atomic mass is 10.1. The summed E-state index contributed by atoms with van der Waals surface area (Å²) in [5.41, 5.74) is 6.09. The lowest BCUT2D eigenvalue weighted by Gasteiger charge is -2.17. The first kappa shape index (κ1) is 20.1. The third kappa shape index (κ3) is 3.98. The Morgan fingerprint density at radius 2 is 1.93 bits per heavy atom. The van der Waals surface area contributed by atoms with Gasteiger partial charge in [0.25, 0.3) is 5.56 Å². The molecule has 0 atom stereocenters. The zero-order chi connectivity index (χ0) is 21.1. The molecule has 0 spiro atoms. The molecule has 0 unspecified atom stereocenters. The normalized spacial score (nSPS) is 11.0. The highest BCUT2D eigenvalue weighted by molar-refractivity contribution is 6.02. The van der Waals surface area contributed by atoms with Crippen LogP contribution in [0.4, 0.5) is 11.5 Å². The first-order valence-electron chi connectivity index (χ1n) is 9.26. The summed E-state index contributed by atoms with van der Waals surface area (Å²) in [5.74, 6) is -0.468. The van der Waals surface area contributed by atoms with Crippen molar-refractivity contribution in [2.24, 2.45) is 13.0 Å². The molecule has 152 valence electrons. The van der Waals surface area contributed by atoms with Crippen LogP contribution in [0.2, 0.25) is 0 Å². The van der Waals surface area contributed by atoms with Gasteiger partial charge in [0.1, 0.15) is 11.4 Å². The predicted octanol–water partition coefficient (Wildman–Crippen LogP) is 1.27. The van der Waals surface area contributed by atoms with Crippen LogP contribution in [-0.4, -0.2) is 31.2 Å². The molecular weight excluding hydrogens is 372 g/mol. The summed E-state index contributed by atoms with van der Waals surface area (Å²) in [6.45, 7) is 4.00. The Morgan fingerprint density at radius 1 is 1.21 bits per heavy atom. The van der Waals surface area contributed by atoms with Gasteiger partial charge in [0.2, 0.25) is 0 Å². The molecule has 0 amide bonds. The van der Waals surface area contributed by atoms with E-state index in [1.165, 1.54) is 11.6 Å². The molecule has 3 N–H and O–H groups in total. The van der Waals surface area contributed by atoms with Crippen molar-refractivity contribution in [2.75, 3.05) is 17.6 Å². The van der Waals surface area contributed by atoms with E-state index in [0.717, 1.165) is 10.3 Å². The number of carbonyl (C=O) groups excluding carboxylic acids is 1. The Balaban J connectivity index is 1.92. The molecule has 0 radical (unpaired) electrons. The third-order valence-corrected chi connectivity index (χ3v) is 4.50. The van der Waals surface area contributed by atoms with Crippen molar-refractivity contribution in [3.63, 3.8) is 0 Å². The first-order valence-corrected chi connectivity index (χ1v) is 9.26. The van der Waals surface area contributed by atoms with Crippen LogP contribution in [0.15, 0.2) is 52.3 Å². The Kier molecular flexibility index (Phi) is 5.67. The number of para-hydroxylation sites is 2. The van der Waals surface area contributed by atoms with Crippen LogP contribution in [0.25, 0.3) is 5.69 Å². The Morgan fingerprint density at radius 3 is 2.59 bits per heavy atom. The summed E-state index contributed by atoms with van der Waals surface area (Å²) in [5, 5.41) is 7.25. The topological polar surface area (TPSA) is 117 Å². The van der Waals surface area contributed by atoms with Gasteiger partial charge in [-0.25, -0.2) is 9.48 Å². The van der Waals surface area contributed by atoms with Gasteiger partial charge in [0, 0.05) is 26.0 Å². The van der Waals surface area contributed by atoms with Crippen molar-refractivity contribution in [1.82, 2.24) is 18.9 Å². The number of nitrogens with zero attached hydrogens (tertiary/aromatic N) is 4. The number of aromatic nitrogens is 4. The van der Waals surface area contributed by atoms with E-state index >= 15 is 0 Å². The number of ketones is 1. The molecule has 0 aliphatic carbocycles. The number of anilines is 2. The molecule has 1 aromatic carbocycles. The summed E-state index contributed by atoms with van der Waals surface area (Å²) >= 11 is 0. The quantitative estimate of drug-likeness (QED) is 0.581. The van der Waals surface area contributed by atoms with E-state index in [1.54, 1.807) is 23.1 Å². The van der Waals surface area contributed by atoms with Gasteiger partial charge in [-0.2, -0.15) is 5.10 Å².